The van der Waals surface area contributed by atoms with Gasteiger partial charge in [-0.2, -0.15) is 9.19 Å². The zero-order chi connectivity index (χ0) is 17.2. The summed E-state index contributed by atoms with van der Waals surface area (Å²) < 4.78 is 7.57. The number of rotatable bonds is 4. The molecule has 2 aromatic heterocycles. The smallest absolute Gasteiger partial charge is 0.175 e. The number of nitrogen functional groups attached to an aromatic ring is 1. The van der Waals surface area contributed by atoms with Gasteiger partial charge in [0.1, 0.15) is 29.3 Å². The van der Waals surface area contributed by atoms with E-state index in [1.54, 1.807) is 4.09 Å². The van der Waals surface area contributed by atoms with Gasteiger partial charge in [0.15, 0.2) is 5.65 Å². The van der Waals surface area contributed by atoms with Crippen LogP contribution in [0.2, 0.25) is 0 Å². The third kappa shape index (κ3) is 2.89. The SMILES string of the molecule is CSn1nc(-c2ccc(Oc3ccccc3)cc2)c2c(N)ncnc21. The van der Waals surface area contributed by atoms with Crippen LogP contribution in [0, 0.1) is 0 Å². The Morgan fingerprint density at radius 2 is 1.68 bits per heavy atom. The molecule has 6 nitrogen and oxygen atoms in total. The lowest BCUT2D eigenvalue weighted by Gasteiger charge is -2.06. The number of hydrogen-bond acceptors (Lipinski definition) is 6. The Morgan fingerprint density at radius 1 is 0.960 bits per heavy atom. The number of hydrogen-bond donors (Lipinski definition) is 1. The summed E-state index contributed by atoms with van der Waals surface area (Å²) in [5.41, 5.74) is 8.45. The molecule has 0 saturated carbocycles. The standard InChI is InChI=1S/C18H15N5OS/c1-25-23-18-15(17(19)20-11-21-18)16(22-23)12-7-9-14(10-8-12)24-13-5-3-2-4-6-13/h2-11H,1H3,(H2,19,20,21). The lowest BCUT2D eigenvalue weighted by atomic mass is 10.1. The van der Waals surface area contributed by atoms with Gasteiger partial charge in [0.25, 0.3) is 0 Å². The number of aromatic nitrogens is 4. The van der Waals surface area contributed by atoms with Crippen molar-refractivity contribution in [2.24, 2.45) is 0 Å². The second-order valence-electron chi connectivity index (χ2n) is 5.30. The molecule has 2 aromatic carbocycles. The number of fused-ring (bicyclic) bond motifs is 1. The summed E-state index contributed by atoms with van der Waals surface area (Å²) in [5, 5.41) is 5.37. The number of anilines is 1. The van der Waals surface area contributed by atoms with Crippen LogP contribution < -0.4 is 10.5 Å². The predicted octanol–water partition coefficient (Wildman–Crippen LogP) is 3.99. The van der Waals surface area contributed by atoms with Crippen LogP contribution in [0.1, 0.15) is 0 Å². The van der Waals surface area contributed by atoms with Gasteiger partial charge in [-0.15, -0.1) is 0 Å². The third-order valence-electron chi connectivity index (χ3n) is 3.75. The van der Waals surface area contributed by atoms with Crippen molar-refractivity contribution in [1.29, 1.82) is 0 Å². The van der Waals surface area contributed by atoms with E-state index in [-0.39, 0.29) is 0 Å². The Kier molecular flexibility index (Phi) is 3.99. The molecular formula is C18H15N5OS. The lowest BCUT2D eigenvalue weighted by Crippen LogP contribution is -1.94. The van der Waals surface area contributed by atoms with Crippen molar-refractivity contribution in [1.82, 2.24) is 19.2 Å². The summed E-state index contributed by atoms with van der Waals surface area (Å²) in [7, 11) is 0. The highest BCUT2D eigenvalue weighted by atomic mass is 32.2. The molecule has 0 fully saturated rings. The molecule has 0 saturated heterocycles. The number of nitrogens with zero attached hydrogens (tertiary/aromatic N) is 4. The number of ether oxygens (including phenoxy) is 1. The maximum Gasteiger partial charge on any atom is 0.175 e. The summed E-state index contributed by atoms with van der Waals surface area (Å²) in [4.78, 5) is 8.39. The van der Waals surface area contributed by atoms with Gasteiger partial charge in [0, 0.05) is 11.8 Å². The average Bonchev–Trinajstić information content (AvgIpc) is 3.03. The zero-order valence-corrected chi connectivity index (χ0v) is 14.3. The average molecular weight is 349 g/mol. The Labute approximate surface area is 148 Å². The minimum atomic E-state index is 0.421. The van der Waals surface area contributed by atoms with Crippen molar-refractivity contribution in [2.75, 3.05) is 12.0 Å². The molecule has 0 unspecified atom stereocenters. The topological polar surface area (TPSA) is 78.9 Å². The minimum absolute atomic E-state index is 0.421. The van der Waals surface area contributed by atoms with Crippen LogP contribution in [0.15, 0.2) is 60.9 Å². The normalized spacial score (nSPS) is 10.9. The van der Waals surface area contributed by atoms with Gasteiger partial charge in [-0.3, -0.25) is 0 Å². The Balaban J connectivity index is 1.72. The second kappa shape index (κ2) is 6.45. The number of para-hydroxylation sites is 1. The van der Waals surface area contributed by atoms with Crippen LogP contribution in [-0.2, 0) is 0 Å². The van der Waals surface area contributed by atoms with Crippen LogP contribution in [-0.4, -0.2) is 25.4 Å². The van der Waals surface area contributed by atoms with E-state index >= 15 is 0 Å². The maximum absolute atomic E-state index is 6.06. The quantitative estimate of drug-likeness (QED) is 0.600. The van der Waals surface area contributed by atoms with E-state index in [2.05, 4.69) is 15.1 Å². The highest BCUT2D eigenvalue weighted by molar-refractivity contribution is 7.97. The van der Waals surface area contributed by atoms with E-state index in [0.29, 0.717) is 11.5 Å². The largest absolute Gasteiger partial charge is 0.457 e. The van der Waals surface area contributed by atoms with E-state index < -0.39 is 0 Å². The van der Waals surface area contributed by atoms with Crippen molar-refractivity contribution in [2.45, 2.75) is 0 Å². The molecule has 0 spiro atoms. The molecule has 0 atom stereocenters. The summed E-state index contributed by atoms with van der Waals surface area (Å²) in [6, 6.07) is 17.4. The predicted molar refractivity (Wildman–Crippen MR) is 101 cm³/mol. The van der Waals surface area contributed by atoms with Crippen LogP contribution >= 0.6 is 11.9 Å². The third-order valence-corrected chi connectivity index (χ3v) is 4.35. The molecule has 0 bridgehead atoms. The summed E-state index contributed by atoms with van der Waals surface area (Å²) >= 11 is 1.46. The number of benzene rings is 2. The minimum Gasteiger partial charge on any atom is -0.457 e. The Bertz CT molecular complexity index is 1020. The summed E-state index contributed by atoms with van der Waals surface area (Å²) in [6.07, 6.45) is 3.39. The van der Waals surface area contributed by atoms with Crippen molar-refractivity contribution in [3.8, 4) is 22.8 Å². The van der Waals surface area contributed by atoms with Gasteiger partial charge in [-0.25, -0.2) is 9.97 Å². The first-order valence-electron chi connectivity index (χ1n) is 7.63. The first-order valence-corrected chi connectivity index (χ1v) is 8.81. The van der Waals surface area contributed by atoms with Crippen molar-refractivity contribution in [3.63, 3.8) is 0 Å². The van der Waals surface area contributed by atoms with Crippen molar-refractivity contribution in [3.05, 3.63) is 60.9 Å². The molecule has 0 amide bonds. The molecule has 2 N–H and O–H groups in total. The van der Waals surface area contributed by atoms with Gasteiger partial charge >= 0.3 is 0 Å². The van der Waals surface area contributed by atoms with Crippen LogP contribution in [0.4, 0.5) is 5.82 Å². The number of nitrogens with two attached hydrogens (primary N) is 1. The van der Waals surface area contributed by atoms with E-state index in [4.69, 9.17) is 10.5 Å². The molecule has 0 aliphatic carbocycles. The zero-order valence-electron chi connectivity index (χ0n) is 13.5. The fraction of sp³-hybridized carbons (Fsp3) is 0.0556. The van der Waals surface area contributed by atoms with Gasteiger partial charge < -0.3 is 10.5 Å². The van der Waals surface area contributed by atoms with Gasteiger partial charge in [0.2, 0.25) is 0 Å². The summed E-state index contributed by atoms with van der Waals surface area (Å²) in [6.45, 7) is 0. The first-order chi connectivity index (χ1) is 12.3. The molecule has 4 aromatic rings. The fourth-order valence-corrected chi connectivity index (χ4v) is 3.06. The molecule has 0 aliphatic rings. The van der Waals surface area contributed by atoms with E-state index in [1.165, 1.54) is 18.3 Å². The molecule has 0 aliphatic heterocycles. The van der Waals surface area contributed by atoms with E-state index in [9.17, 15) is 0 Å². The van der Waals surface area contributed by atoms with E-state index in [0.717, 1.165) is 28.1 Å². The highest BCUT2D eigenvalue weighted by Gasteiger charge is 2.16. The second-order valence-corrected chi connectivity index (χ2v) is 6.01. The molecule has 2 heterocycles. The molecule has 0 radical (unpaired) electrons. The monoisotopic (exact) mass is 349 g/mol. The molecule has 124 valence electrons. The molecule has 25 heavy (non-hydrogen) atoms. The van der Waals surface area contributed by atoms with Crippen molar-refractivity contribution >= 4 is 28.8 Å². The van der Waals surface area contributed by atoms with Crippen molar-refractivity contribution < 1.29 is 4.74 Å². The van der Waals surface area contributed by atoms with Crippen LogP contribution in [0.3, 0.4) is 0 Å². The van der Waals surface area contributed by atoms with Gasteiger partial charge in [-0.1, -0.05) is 18.2 Å². The first kappa shape index (κ1) is 15.5. The Morgan fingerprint density at radius 3 is 2.40 bits per heavy atom. The Hall–Kier alpha value is -3.06. The summed E-state index contributed by atoms with van der Waals surface area (Å²) in [5.74, 6) is 1.97. The molecular weight excluding hydrogens is 334 g/mol. The lowest BCUT2D eigenvalue weighted by molar-refractivity contribution is 0.483. The fourth-order valence-electron chi connectivity index (χ4n) is 2.58. The van der Waals surface area contributed by atoms with Crippen LogP contribution in [0.25, 0.3) is 22.3 Å². The molecule has 4 rings (SSSR count). The van der Waals surface area contributed by atoms with Gasteiger partial charge in [0.05, 0.1) is 5.39 Å². The highest BCUT2D eigenvalue weighted by Crippen LogP contribution is 2.32. The molecule has 7 heteroatoms. The van der Waals surface area contributed by atoms with Crippen LogP contribution in [0.5, 0.6) is 11.5 Å². The van der Waals surface area contributed by atoms with Gasteiger partial charge in [-0.05, 0) is 48.3 Å². The van der Waals surface area contributed by atoms with E-state index in [1.807, 2.05) is 60.9 Å². The maximum atomic E-state index is 6.06.